The fourth-order valence-electron chi connectivity index (χ4n) is 5.34. The number of carbonyl (C=O) groups is 3. The number of carbonyl (C=O) groups excluding carboxylic acids is 3. The molecule has 5 aromatic rings. The summed E-state index contributed by atoms with van der Waals surface area (Å²) in [5, 5.41) is 15.9. The highest BCUT2D eigenvalue weighted by Crippen LogP contribution is 2.37. The molecule has 0 radical (unpaired) electrons. The van der Waals surface area contributed by atoms with E-state index in [1.54, 1.807) is 63.2 Å². The molecule has 0 aliphatic carbocycles. The maximum Gasteiger partial charge on any atom is 0.407 e. The molecule has 0 bridgehead atoms. The van der Waals surface area contributed by atoms with Crippen LogP contribution < -0.4 is 20.3 Å². The summed E-state index contributed by atoms with van der Waals surface area (Å²) < 4.78 is 25.7. The van der Waals surface area contributed by atoms with Gasteiger partial charge < -0.3 is 30.1 Å². The van der Waals surface area contributed by atoms with Crippen LogP contribution in [0.25, 0.3) is 11.1 Å². The first-order valence-electron chi connectivity index (χ1n) is 16.9. The third-order valence-corrected chi connectivity index (χ3v) is 7.90. The molecule has 52 heavy (non-hydrogen) atoms. The second-order valence-corrected chi connectivity index (χ2v) is 13.2. The number of alkyl carbamates (subject to hydrolysis) is 1. The van der Waals surface area contributed by atoms with Crippen LogP contribution in [0.15, 0.2) is 121 Å². The van der Waals surface area contributed by atoms with Crippen LogP contribution in [-0.2, 0) is 34.0 Å². The van der Waals surface area contributed by atoms with Crippen molar-refractivity contribution < 1.29 is 33.4 Å². The van der Waals surface area contributed by atoms with Gasteiger partial charge in [-0.05, 0) is 73.4 Å². The number of rotatable bonds is 13. The van der Waals surface area contributed by atoms with Crippen LogP contribution in [-0.4, -0.2) is 28.6 Å². The molecule has 9 nitrogen and oxygen atoms in total. The molecule has 10 heteroatoms. The van der Waals surface area contributed by atoms with Gasteiger partial charge in [0.2, 0.25) is 11.8 Å². The first-order chi connectivity index (χ1) is 24.9. The summed E-state index contributed by atoms with van der Waals surface area (Å²) in [6.45, 7) is 5.67. The standard InChI is InChI=1S/C42H42FN3O6/c1-42(2,3)52-41(50)45-26-30-10-9-14-35(24-30)51-38-25-34(47)20-21-37(38)46(28-29-16-18-32(19-17-29)31-11-5-4-6-12-31)40(49)23-22-39(48)44-27-33-13-7-8-15-36(33)43/h4-21,24-25,47H,22-23,26-28H2,1-3H3,(H,44,48)(H,45,50). The molecule has 268 valence electrons. The molecule has 0 fully saturated rings. The molecule has 0 saturated heterocycles. The van der Waals surface area contributed by atoms with Gasteiger partial charge in [0, 0.05) is 37.6 Å². The number of benzene rings is 5. The summed E-state index contributed by atoms with van der Waals surface area (Å²) in [5.74, 6) is -0.651. The molecule has 0 atom stereocenters. The Bertz CT molecular complexity index is 1990. The van der Waals surface area contributed by atoms with Crippen molar-refractivity contribution in [3.8, 4) is 28.4 Å². The minimum absolute atomic E-state index is 0.000513. The number of halogens is 1. The van der Waals surface area contributed by atoms with Crippen LogP contribution in [0.4, 0.5) is 14.9 Å². The second-order valence-electron chi connectivity index (χ2n) is 13.2. The predicted octanol–water partition coefficient (Wildman–Crippen LogP) is 8.65. The molecular formula is C42H42FN3O6. The summed E-state index contributed by atoms with van der Waals surface area (Å²) in [6, 6.07) is 35.4. The summed E-state index contributed by atoms with van der Waals surface area (Å²) in [7, 11) is 0. The van der Waals surface area contributed by atoms with Gasteiger partial charge in [0.25, 0.3) is 0 Å². The number of nitrogens with zero attached hydrogens (tertiary/aromatic N) is 1. The largest absolute Gasteiger partial charge is 0.508 e. The van der Waals surface area contributed by atoms with Crippen molar-refractivity contribution in [2.75, 3.05) is 4.90 Å². The van der Waals surface area contributed by atoms with E-state index in [1.165, 1.54) is 23.1 Å². The van der Waals surface area contributed by atoms with Gasteiger partial charge in [-0.2, -0.15) is 0 Å². The van der Waals surface area contributed by atoms with Crippen molar-refractivity contribution in [3.63, 3.8) is 0 Å². The molecule has 0 spiro atoms. The third kappa shape index (κ3) is 10.9. The third-order valence-electron chi connectivity index (χ3n) is 7.90. The Balaban J connectivity index is 1.36. The van der Waals surface area contributed by atoms with Crippen LogP contribution >= 0.6 is 0 Å². The summed E-state index contributed by atoms with van der Waals surface area (Å²) in [4.78, 5) is 40.5. The highest BCUT2D eigenvalue weighted by molar-refractivity contribution is 5.97. The highest BCUT2D eigenvalue weighted by Gasteiger charge is 2.23. The number of phenolic OH excluding ortho intramolecular Hbond substituents is 1. The fraction of sp³-hybridized carbons (Fsp3) is 0.214. The predicted molar refractivity (Wildman–Crippen MR) is 198 cm³/mol. The van der Waals surface area contributed by atoms with E-state index in [9.17, 15) is 23.9 Å². The van der Waals surface area contributed by atoms with Gasteiger partial charge >= 0.3 is 6.09 Å². The molecule has 0 heterocycles. The van der Waals surface area contributed by atoms with E-state index in [0.29, 0.717) is 17.0 Å². The summed E-state index contributed by atoms with van der Waals surface area (Å²) >= 11 is 0. The normalized spacial score (nSPS) is 11.0. The number of anilines is 1. The minimum atomic E-state index is -0.640. The van der Waals surface area contributed by atoms with Gasteiger partial charge in [-0.25, -0.2) is 9.18 Å². The number of nitrogens with one attached hydrogen (secondary N) is 2. The zero-order chi connectivity index (χ0) is 37.1. The zero-order valence-corrected chi connectivity index (χ0v) is 29.4. The number of phenols is 1. The Morgan fingerprint density at radius 1 is 0.731 bits per heavy atom. The Hall–Kier alpha value is -6.16. The number of hydrogen-bond donors (Lipinski definition) is 3. The number of aromatic hydroxyl groups is 1. The van der Waals surface area contributed by atoms with Crippen molar-refractivity contribution in [1.29, 1.82) is 0 Å². The van der Waals surface area contributed by atoms with Gasteiger partial charge in [0.05, 0.1) is 12.2 Å². The Labute approximate surface area is 303 Å². The number of ether oxygens (including phenoxy) is 2. The Morgan fingerprint density at radius 3 is 2.17 bits per heavy atom. The average Bonchev–Trinajstić information content (AvgIpc) is 3.12. The summed E-state index contributed by atoms with van der Waals surface area (Å²) in [6.07, 6.45) is -0.823. The van der Waals surface area contributed by atoms with E-state index in [1.807, 2.05) is 60.7 Å². The van der Waals surface area contributed by atoms with E-state index < -0.39 is 23.4 Å². The quantitative estimate of drug-likeness (QED) is 0.113. The number of hydrogen-bond acceptors (Lipinski definition) is 6. The fourth-order valence-corrected chi connectivity index (χ4v) is 5.34. The lowest BCUT2D eigenvalue weighted by Gasteiger charge is -2.26. The zero-order valence-electron chi connectivity index (χ0n) is 29.4. The van der Waals surface area contributed by atoms with Gasteiger partial charge in [-0.3, -0.25) is 9.59 Å². The van der Waals surface area contributed by atoms with Crippen LogP contribution in [0, 0.1) is 5.82 Å². The van der Waals surface area contributed by atoms with E-state index in [0.717, 1.165) is 22.3 Å². The topological polar surface area (TPSA) is 117 Å². The van der Waals surface area contributed by atoms with Gasteiger partial charge in [-0.15, -0.1) is 0 Å². The minimum Gasteiger partial charge on any atom is -0.508 e. The maximum atomic E-state index is 14.1. The SMILES string of the molecule is CC(C)(C)OC(=O)NCc1cccc(Oc2cc(O)ccc2N(Cc2ccc(-c3ccccc3)cc2)C(=O)CCC(=O)NCc2ccccc2F)c1. The summed E-state index contributed by atoms with van der Waals surface area (Å²) in [5.41, 5.74) is 3.71. The van der Waals surface area contributed by atoms with Crippen molar-refractivity contribution in [2.24, 2.45) is 0 Å². The van der Waals surface area contributed by atoms with Crippen LogP contribution in [0.2, 0.25) is 0 Å². The molecule has 0 saturated carbocycles. The van der Waals surface area contributed by atoms with Crippen LogP contribution in [0.3, 0.4) is 0 Å². The smallest absolute Gasteiger partial charge is 0.407 e. The molecule has 0 aliphatic rings. The van der Waals surface area contributed by atoms with Crippen LogP contribution in [0.1, 0.15) is 50.3 Å². The van der Waals surface area contributed by atoms with E-state index >= 15 is 0 Å². The van der Waals surface area contributed by atoms with Gasteiger partial charge in [0.1, 0.15) is 22.9 Å². The average molecular weight is 704 g/mol. The van der Waals surface area contributed by atoms with Gasteiger partial charge in [-0.1, -0.05) is 84.9 Å². The Kier molecular flexibility index (Phi) is 12.3. The Morgan fingerprint density at radius 2 is 1.44 bits per heavy atom. The maximum absolute atomic E-state index is 14.1. The lowest BCUT2D eigenvalue weighted by Crippen LogP contribution is -2.32. The van der Waals surface area contributed by atoms with Crippen molar-refractivity contribution in [1.82, 2.24) is 10.6 Å². The molecule has 3 N–H and O–H groups in total. The van der Waals surface area contributed by atoms with Crippen LogP contribution in [0.5, 0.6) is 17.2 Å². The molecule has 5 aromatic carbocycles. The highest BCUT2D eigenvalue weighted by atomic mass is 19.1. The molecule has 3 amide bonds. The van der Waals surface area contributed by atoms with Crippen molar-refractivity contribution in [3.05, 3.63) is 144 Å². The van der Waals surface area contributed by atoms with E-state index in [2.05, 4.69) is 10.6 Å². The monoisotopic (exact) mass is 703 g/mol. The molecule has 0 aliphatic heterocycles. The second kappa shape index (κ2) is 17.2. The van der Waals surface area contributed by atoms with Crippen molar-refractivity contribution in [2.45, 2.75) is 58.8 Å². The molecular weight excluding hydrogens is 661 g/mol. The van der Waals surface area contributed by atoms with Gasteiger partial charge in [0.15, 0.2) is 5.75 Å². The lowest BCUT2D eigenvalue weighted by molar-refractivity contribution is -0.125. The number of amides is 3. The lowest BCUT2D eigenvalue weighted by atomic mass is 10.0. The first kappa shape index (κ1) is 37.1. The molecule has 5 rings (SSSR count). The van der Waals surface area contributed by atoms with Crippen molar-refractivity contribution >= 4 is 23.6 Å². The first-order valence-corrected chi connectivity index (χ1v) is 16.9. The van der Waals surface area contributed by atoms with E-state index in [4.69, 9.17) is 9.47 Å². The molecule has 0 aromatic heterocycles. The van der Waals surface area contributed by atoms with E-state index in [-0.39, 0.29) is 49.9 Å². The molecule has 0 unspecified atom stereocenters.